The highest BCUT2D eigenvalue weighted by atomic mass is 16.6. The second-order valence-corrected chi connectivity index (χ2v) is 11.8. The summed E-state index contributed by atoms with van der Waals surface area (Å²) < 4.78 is 21.2. The van der Waals surface area contributed by atoms with Crippen LogP contribution < -0.4 is 9.47 Å². The number of amides is 2. The smallest absolute Gasteiger partial charge is 0.410 e. The number of esters is 1. The van der Waals surface area contributed by atoms with Crippen LogP contribution in [0.25, 0.3) is 0 Å². The van der Waals surface area contributed by atoms with E-state index in [0.717, 1.165) is 48.3 Å². The Morgan fingerprint density at radius 2 is 1.14 bits per heavy atom. The third kappa shape index (κ3) is 14.6. The summed E-state index contributed by atoms with van der Waals surface area (Å²) >= 11 is 0. The zero-order chi connectivity index (χ0) is 32.4. The Bertz CT molecular complexity index is 1130. The van der Waals surface area contributed by atoms with E-state index in [9.17, 15) is 14.4 Å². The van der Waals surface area contributed by atoms with Gasteiger partial charge in [0.2, 0.25) is 5.91 Å². The molecule has 244 valence electrons. The number of unbranched alkanes of at least 4 members (excludes halogenated alkanes) is 4. The van der Waals surface area contributed by atoms with E-state index < -0.39 is 5.60 Å². The number of ether oxygens (including phenoxy) is 4. The number of rotatable bonds is 19. The minimum Gasteiger partial charge on any atom is -0.497 e. The summed E-state index contributed by atoms with van der Waals surface area (Å²) in [5, 5.41) is 0. The molecule has 0 heterocycles. The fraction of sp³-hybridized carbons (Fsp3) is 0.571. The number of benzene rings is 2. The molecule has 0 spiro atoms. The van der Waals surface area contributed by atoms with Crippen LogP contribution in [0, 0.1) is 0 Å². The van der Waals surface area contributed by atoms with Crippen LogP contribution in [-0.4, -0.2) is 67.3 Å². The lowest BCUT2D eigenvalue weighted by Gasteiger charge is -2.27. The number of nitrogens with zero attached hydrogens (tertiary/aromatic N) is 2. The molecule has 2 rings (SSSR count). The Hall–Kier alpha value is -3.75. The number of carbonyl (C=O) groups excluding carboxylic acids is 3. The monoisotopic (exact) mass is 612 g/mol. The standard InChI is InChI=1S/C35H52N2O7/c1-7-43-33(39)15-11-10-14-32(38)36(26-28-16-20-30(41-5)21-17-28)24-12-8-9-13-25-37(34(40)44-35(2,3)4)27-29-18-22-31(42-6)23-19-29/h16-23H,7-15,24-27H2,1-6H3. The van der Waals surface area contributed by atoms with Gasteiger partial charge in [0.1, 0.15) is 17.1 Å². The van der Waals surface area contributed by atoms with Gasteiger partial charge in [-0.15, -0.1) is 0 Å². The van der Waals surface area contributed by atoms with Crippen molar-refractivity contribution in [2.45, 2.75) is 97.8 Å². The van der Waals surface area contributed by atoms with Crippen LogP contribution in [0.3, 0.4) is 0 Å². The van der Waals surface area contributed by atoms with Crippen molar-refractivity contribution in [1.82, 2.24) is 9.80 Å². The maximum atomic E-state index is 13.2. The van der Waals surface area contributed by atoms with Gasteiger partial charge in [0.05, 0.1) is 20.8 Å². The summed E-state index contributed by atoms with van der Waals surface area (Å²) in [7, 11) is 3.26. The molecule has 9 nitrogen and oxygen atoms in total. The summed E-state index contributed by atoms with van der Waals surface area (Å²) in [4.78, 5) is 41.4. The van der Waals surface area contributed by atoms with Crippen molar-refractivity contribution in [3.05, 3.63) is 59.7 Å². The summed E-state index contributed by atoms with van der Waals surface area (Å²) in [5.41, 5.74) is 1.47. The molecule has 0 saturated carbocycles. The first-order valence-corrected chi connectivity index (χ1v) is 15.7. The fourth-order valence-electron chi connectivity index (χ4n) is 4.65. The first kappa shape index (κ1) is 36.4. The highest BCUT2D eigenvalue weighted by Gasteiger charge is 2.22. The lowest BCUT2D eigenvalue weighted by molar-refractivity contribution is -0.143. The lowest BCUT2D eigenvalue weighted by Crippen LogP contribution is -2.37. The van der Waals surface area contributed by atoms with Crippen LogP contribution in [0.2, 0.25) is 0 Å². The molecular formula is C35H52N2O7. The first-order valence-electron chi connectivity index (χ1n) is 15.7. The minimum atomic E-state index is -0.575. The average Bonchev–Trinajstić information content (AvgIpc) is 2.99. The summed E-state index contributed by atoms with van der Waals surface area (Å²) in [6, 6.07) is 15.5. The maximum Gasteiger partial charge on any atom is 0.410 e. The van der Waals surface area contributed by atoms with Crippen molar-refractivity contribution in [3.8, 4) is 11.5 Å². The highest BCUT2D eigenvalue weighted by molar-refractivity contribution is 5.76. The van der Waals surface area contributed by atoms with E-state index in [1.807, 2.05) is 74.2 Å². The number of carbonyl (C=O) groups is 3. The third-order valence-corrected chi connectivity index (χ3v) is 7.00. The van der Waals surface area contributed by atoms with Gasteiger partial charge in [-0.2, -0.15) is 0 Å². The van der Waals surface area contributed by atoms with E-state index >= 15 is 0 Å². The van der Waals surface area contributed by atoms with Gasteiger partial charge in [0.25, 0.3) is 0 Å². The molecule has 0 atom stereocenters. The molecule has 2 aromatic rings. The fourth-order valence-corrected chi connectivity index (χ4v) is 4.65. The molecule has 0 aliphatic carbocycles. The predicted octanol–water partition coefficient (Wildman–Crippen LogP) is 7.15. The SMILES string of the molecule is CCOC(=O)CCCCC(=O)N(CCCCCCN(Cc1ccc(OC)cc1)C(=O)OC(C)(C)C)Cc1ccc(OC)cc1. The predicted molar refractivity (Wildman–Crippen MR) is 172 cm³/mol. The Balaban J connectivity index is 1.90. The number of hydrogen-bond donors (Lipinski definition) is 0. The second kappa shape index (κ2) is 19.5. The van der Waals surface area contributed by atoms with Crippen molar-refractivity contribution < 1.29 is 33.3 Å². The van der Waals surface area contributed by atoms with Crippen molar-refractivity contribution in [1.29, 1.82) is 0 Å². The Morgan fingerprint density at radius 3 is 1.61 bits per heavy atom. The van der Waals surface area contributed by atoms with Gasteiger partial charge in [-0.05, 0) is 88.8 Å². The summed E-state index contributed by atoms with van der Waals surface area (Å²) in [6.07, 6.45) is 5.21. The van der Waals surface area contributed by atoms with Gasteiger partial charge in [0, 0.05) is 39.0 Å². The average molecular weight is 613 g/mol. The van der Waals surface area contributed by atoms with Crippen LogP contribution in [0.4, 0.5) is 4.79 Å². The van der Waals surface area contributed by atoms with Gasteiger partial charge < -0.3 is 28.7 Å². The van der Waals surface area contributed by atoms with Crippen LogP contribution in [0.15, 0.2) is 48.5 Å². The Morgan fingerprint density at radius 1 is 0.659 bits per heavy atom. The zero-order valence-electron chi connectivity index (χ0n) is 27.6. The molecule has 0 aliphatic rings. The van der Waals surface area contributed by atoms with E-state index in [1.54, 1.807) is 26.0 Å². The quantitative estimate of drug-likeness (QED) is 0.123. The minimum absolute atomic E-state index is 0.0836. The molecule has 2 aromatic carbocycles. The summed E-state index contributed by atoms with van der Waals surface area (Å²) in [5.74, 6) is 1.41. The normalized spacial score (nSPS) is 11.0. The van der Waals surface area contributed by atoms with Gasteiger partial charge in [-0.25, -0.2) is 4.79 Å². The summed E-state index contributed by atoms with van der Waals surface area (Å²) in [6.45, 7) is 9.98. The molecule has 0 radical (unpaired) electrons. The van der Waals surface area contributed by atoms with E-state index in [1.165, 1.54) is 0 Å². The highest BCUT2D eigenvalue weighted by Crippen LogP contribution is 2.18. The number of hydrogen-bond acceptors (Lipinski definition) is 7. The molecule has 0 unspecified atom stereocenters. The van der Waals surface area contributed by atoms with Crippen molar-refractivity contribution in [3.63, 3.8) is 0 Å². The van der Waals surface area contributed by atoms with Gasteiger partial charge in [-0.1, -0.05) is 37.1 Å². The third-order valence-electron chi connectivity index (χ3n) is 7.00. The van der Waals surface area contributed by atoms with Crippen molar-refractivity contribution in [2.24, 2.45) is 0 Å². The lowest BCUT2D eigenvalue weighted by atomic mass is 10.1. The van der Waals surface area contributed by atoms with Crippen LogP contribution >= 0.6 is 0 Å². The molecular weight excluding hydrogens is 560 g/mol. The van der Waals surface area contributed by atoms with Gasteiger partial charge in [-0.3, -0.25) is 9.59 Å². The zero-order valence-corrected chi connectivity index (χ0v) is 27.6. The van der Waals surface area contributed by atoms with Crippen molar-refractivity contribution in [2.75, 3.05) is 33.9 Å². The molecule has 9 heteroatoms. The van der Waals surface area contributed by atoms with Gasteiger partial charge >= 0.3 is 12.1 Å². The van der Waals surface area contributed by atoms with Crippen LogP contribution in [-0.2, 0) is 32.2 Å². The molecule has 0 N–H and O–H groups in total. The topological polar surface area (TPSA) is 94.6 Å². The Kier molecular flexibility index (Phi) is 16.2. The maximum absolute atomic E-state index is 13.2. The largest absolute Gasteiger partial charge is 0.497 e. The van der Waals surface area contributed by atoms with E-state index in [2.05, 4.69) is 0 Å². The van der Waals surface area contributed by atoms with Crippen LogP contribution in [0.5, 0.6) is 11.5 Å². The van der Waals surface area contributed by atoms with Crippen LogP contribution in [0.1, 0.15) is 90.2 Å². The Labute approximate surface area is 263 Å². The molecule has 0 fully saturated rings. The molecule has 0 bridgehead atoms. The molecule has 44 heavy (non-hydrogen) atoms. The molecule has 0 aliphatic heterocycles. The number of methoxy groups -OCH3 is 2. The first-order chi connectivity index (χ1) is 21.0. The second-order valence-electron chi connectivity index (χ2n) is 11.8. The molecule has 0 saturated heterocycles. The van der Waals surface area contributed by atoms with Gasteiger partial charge in [0.15, 0.2) is 0 Å². The molecule has 0 aromatic heterocycles. The van der Waals surface area contributed by atoms with Crippen molar-refractivity contribution >= 4 is 18.0 Å². The van der Waals surface area contributed by atoms with E-state index in [-0.39, 0.29) is 18.0 Å². The van der Waals surface area contributed by atoms with E-state index in [0.29, 0.717) is 58.5 Å². The molecule has 2 amide bonds. The van der Waals surface area contributed by atoms with E-state index in [4.69, 9.17) is 18.9 Å².